The van der Waals surface area contributed by atoms with Gasteiger partial charge in [0.2, 0.25) is 0 Å². The Labute approximate surface area is 140 Å². The molecule has 0 saturated carbocycles. The summed E-state index contributed by atoms with van der Waals surface area (Å²) in [6.45, 7) is 3.34. The Morgan fingerprint density at radius 2 is 1.96 bits per heavy atom. The van der Waals surface area contributed by atoms with Crippen molar-refractivity contribution in [3.8, 4) is 0 Å². The lowest BCUT2D eigenvalue weighted by Crippen LogP contribution is -2.59. The smallest absolute Gasteiger partial charge is 0.186 e. The minimum Gasteiger partial charge on any atom is -0.394 e. The van der Waals surface area contributed by atoms with E-state index in [9.17, 15) is 20.1 Å². The topological polar surface area (TPSA) is 116 Å². The molecule has 8 heteroatoms. The van der Waals surface area contributed by atoms with Gasteiger partial charge in [-0.2, -0.15) is 11.8 Å². The molecule has 1 saturated heterocycles. The Morgan fingerprint density at radius 1 is 1.22 bits per heavy atom. The third-order valence-corrected chi connectivity index (χ3v) is 4.53. The van der Waals surface area contributed by atoms with Gasteiger partial charge >= 0.3 is 0 Å². The minimum absolute atomic E-state index is 0.171. The number of ketones is 1. The van der Waals surface area contributed by atoms with Crippen molar-refractivity contribution < 1.29 is 34.7 Å². The molecule has 0 amide bonds. The lowest BCUT2D eigenvalue weighted by atomic mass is 9.99. The van der Waals surface area contributed by atoms with Crippen molar-refractivity contribution in [3.63, 3.8) is 0 Å². The molecule has 0 aliphatic carbocycles. The van der Waals surface area contributed by atoms with E-state index in [0.717, 1.165) is 11.5 Å². The lowest BCUT2D eigenvalue weighted by Gasteiger charge is -2.39. The van der Waals surface area contributed by atoms with Gasteiger partial charge in [-0.3, -0.25) is 4.79 Å². The molecule has 1 aliphatic rings. The number of ether oxygens (including phenoxy) is 2. The van der Waals surface area contributed by atoms with Crippen LogP contribution in [0.1, 0.15) is 19.3 Å². The quantitative estimate of drug-likeness (QED) is 0.290. The standard InChI is InChI=1S/C15H26O7S/c1-2-4-10(17)5-8-23-7-3-6-21-15-14(20)13(19)12(18)11(9-16)22-15/h2,11-16,18-20H,1,3-9H2/t11?,12-,13-,14?,15-/m0/s1. The van der Waals surface area contributed by atoms with Crippen LogP contribution in [0.4, 0.5) is 0 Å². The summed E-state index contributed by atoms with van der Waals surface area (Å²) >= 11 is 1.63. The van der Waals surface area contributed by atoms with Crippen molar-refractivity contribution in [2.24, 2.45) is 0 Å². The predicted octanol–water partition coefficient (Wildman–Crippen LogP) is -0.539. The van der Waals surface area contributed by atoms with Crippen molar-refractivity contribution in [1.82, 2.24) is 0 Å². The van der Waals surface area contributed by atoms with Crippen molar-refractivity contribution in [2.75, 3.05) is 24.7 Å². The van der Waals surface area contributed by atoms with Crippen molar-refractivity contribution in [3.05, 3.63) is 12.7 Å². The highest BCUT2D eigenvalue weighted by molar-refractivity contribution is 7.99. The molecule has 1 aliphatic heterocycles. The van der Waals surface area contributed by atoms with E-state index in [1.54, 1.807) is 17.8 Å². The summed E-state index contributed by atoms with van der Waals surface area (Å²) in [6.07, 6.45) is -2.98. The van der Waals surface area contributed by atoms with Crippen LogP contribution in [0.5, 0.6) is 0 Å². The minimum atomic E-state index is -1.42. The summed E-state index contributed by atoms with van der Waals surface area (Å²) in [6, 6.07) is 0. The average molecular weight is 350 g/mol. The number of thioether (sulfide) groups is 1. The van der Waals surface area contributed by atoms with Gasteiger partial charge in [-0.05, 0) is 12.2 Å². The van der Waals surface area contributed by atoms with E-state index in [4.69, 9.17) is 14.6 Å². The van der Waals surface area contributed by atoms with Gasteiger partial charge in [-0.15, -0.1) is 6.58 Å². The molecule has 0 aromatic carbocycles. The number of Topliss-reactive ketones (excluding diaryl/α,β-unsaturated/α-hetero) is 1. The summed E-state index contributed by atoms with van der Waals surface area (Å²) in [5.74, 6) is 1.70. The van der Waals surface area contributed by atoms with E-state index in [0.29, 0.717) is 25.9 Å². The summed E-state index contributed by atoms with van der Waals surface area (Å²) in [7, 11) is 0. The van der Waals surface area contributed by atoms with E-state index in [-0.39, 0.29) is 5.78 Å². The fraction of sp³-hybridized carbons (Fsp3) is 0.800. The van der Waals surface area contributed by atoms with Crippen molar-refractivity contribution in [1.29, 1.82) is 0 Å². The van der Waals surface area contributed by atoms with Gasteiger partial charge in [0.05, 0.1) is 13.2 Å². The number of aliphatic hydroxyl groups is 4. The summed E-state index contributed by atoms with van der Waals surface area (Å²) in [4.78, 5) is 11.3. The molecular formula is C15H26O7S. The molecule has 134 valence electrons. The Kier molecular flexibility index (Phi) is 9.96. The second-order valence-electron chi connectivity index (χ2n) is 5.32. The summed E-state index contributed by atoms with van der Waals surface area (Å²) < 4.78 is 10.6. The second-order valence-corrected chi connectivity index (χ2v) is 6.54. The van der Waals surface area contributed by atoms with Crippen LogP contribution in [0.3, 0.4) is 0 Å². The average Bonchev–Trinajstić information content (AvgIpc) is 2.54. The van der Waals surface area contributed by atoms with Crippen LogP contribution in [0, 0.1) is 0 Å². The fourth-order valence-corrected chi connectivity index (χ4v) is 3.01. The van der Waals surface area contributed by atoms with Crippen molar-refractivity contribution in [2.45, 2.75) is 50.0 Å². The molecular weight excluding hydrogens is 324 g/mol. The number of hydrogen-bond donors (Lipinski definition) is 4. The monoisotopic (exact) mass is 350 g/mol. The van der Waals surface area contributed by atoms with Crippen LogP contribution in [-0.2, 0) is 14.3 Å². The molecule has 1 rings (SSSR count). The summed E-state index contributed by atoms with van der Waals surface area (Å²) in [5, 5.41) is 38.1. The van der Waals surface area contributed by atoms with E-state index in [2.05, 4.69) is 6.58 Å². The Hall–Kier alpha value is -0.480. The Balaban J connectivity index is 2.15. The third-order valence-electron chi connectivity index (χ3n) is 3.46. The zero-order valence-corrected chi connectivity index (χ0v) is 13.9. The molecule has 1 heterocycles. The van der Waals surface area contributed by atoms with E-state index in [1.165, 1.54) is 0 Å². The largest absolute Gasteiger partial charge is 0.394 e. The second kappa shape index (κ2) is 11.1. The first-order valence-electron chi connectivity index (χ1n) is 7.63. The Morgan fingerprint density at radius 3 is 2.61 bits per heavy atom. The van der Waals surface area contributed by atoms with Crippen LogP contribution < -0.4 is 0 Å². The van der Waals surface area contributed by atoms with E-state index >= 15 is 0 Å². The zero-order chi connectivity index (χ0) is 17.2. The maximum absolute atomic E-state index is 11.3. The molecule has 0 aromatic rings. The number of rotatable bonds is 11. The van der Waals surface area contributed by atoms with Crippen LogP contribution in [0.15, 0.2) is 12.7 Å². The van der Waals surface area contributed by atoms with E-state index < -0.39 is 37.3 Å². The van der Waals surface area contributed by atoms with Gasteiger partial charge < -0.3 is 29.9 Å². The fourth-order valence-electron chi connectivity index (χ4n) is 2.12. The first kappa shape index (κ1) is 20.6. The highest BCUT2D eigenvalue weighted by atomic mass is 32.2. The zero-order valence-electron chi connectivity index (χ0n) is 13.0. The molecule has 1 fully saturated rings. The molecule has 0 aromatic heterocycles. The van der Waals surface area contributed by atoms with Gasteiger partial charge in [-0.1, -0.05) is 6.08 Å². The van der Waals surface area contributed by atoms with Crippen LogP contribution in [0.25, 0.3) is 0 Å². The lowest BCUT2D eigenvalue weighted by molar-refractivity contribution is -0.300. The van der Waals surface area contributed by atoms with Gasteiger partial charge in [0.25, 0.3) is 0 Å². The molecule has 7 nitrogen and oxygen atoms in total. The van der Waals surface area contributed by atoms with Gasteiger partial charge in [0.1, 0.15) is 30.2 Å². The molecule has 0 radical (unpaired) electrons. The number of hydrogen-bond acceptors (Lipinski definition) is 8. The van der Waals surface area contributed by atoms with Crippen molar-refractivity contribution >= 4 is 17.5 Å². The third kappa shape index (κ3) is 6.88. The molecule has 5 atom stereocenters. The van der Waals surface area contributed by atoms with Gasteiger partial charge in [0, 0.05) is 18.6 Å². The first-order valence-corrected chi connectivity index (χ1v) is 8.79. The van der Waals surface area contributed by atoms with Gasteiger partial charge in [0.15, 0.2) is 6.29 Å². The maximum atomic E-state index is 11.3. The first-order chi connectivity index (χ1) is 11.0. The number of carbonyl (C=O) groups is 1. The van der Waals surface area contributed by atoms with Crippen LogP contribution in [0.2, 0.25) is 0 Å². The number of aliphatic hydroxyl groups excluding tert-OH is 4. The highest BCUT2D eigenvalue weighted by Gasteiger charge is 2.43. The molecule has 4 N–H and O–H groups in total. The van der Waals surface area contributed by atoms with E-state index in [1.807, 2.05) is 0 Å². The molecule has 0 bridgehead atoms. The summed E-state index contributed by atoms with van der Waals surface area (Å²) in [5.41, 5.74) is 0. The molecule has 0 spiro atoms. The number of carbonyl (C=O) groups excluding carboxylic acids is 1. The Bertz CT molecular complexity index is 364. The molecule has 2 unspecified atom stereocenters. The SMILES string of the molecule is C=CCC(=O)CCSCCCO[C@H]1OC(CO)[C@H](O)[C@H](O)C1O. The molecule has 23 heavy (non-hydrogen) atoms. The maximum Gasteiger partial charge on any atom is 0.186 e. The predicted molar refractivity (Wildman–Crippen MR) is 86.1 cm³/mol. The van der Waals surface area contributed by atoms with Gasteiger partial charge in [-0.25, -0.2) is 0 Å². The van der Waals surface area contributed by atoms with Crippen LogP contribution >= 0.6 is 11.8 Å². The number of allylic oxidation sites excluding steroid dienone is 1. The normalized spacial score (nSPS) is 31.0. The highest BCUT2D eigenvalue weighted by Crippen LogP contribution is 2.22. The van der Waals surface area contributed by atoms with Crippen LogP contribution in [-0.4, -0.2) is 81.6 Å².